The Labute approximate surface area is 139 Å². The molecule has 1 aliphatic rings. The van der Waals surface area contributed by atoms with Crippen molar-refractivity contribution < 1.29 is 17.5 Å². The van der Waals surface area contributed by atoms with Gasteiger partial charge in [0, 0.05) is 23.7 Å². The SMILES string of the molecule is O=S(=O)(c1cccc(Cl)c1)N1CC(OCc2ccccc2F)C1. The summed E-state index contributed by atoms with van der Waals surface area (Å²) in [4.78, 5) is 0.164. The van der Waals surface area contributed by atoms with E-state index < -0.39 is 10.0 Å². The van der Waals surface area contributed by atoms with Crippen molar-refractivity contribution in [3.8, 4) is 0 Å². The summed E-state index contributed by atoms with van der Waals surface area (Å²) < 4.78 is 45.2. The van der Waals surface area contributed by atoms with E-state index in [1.807, 2.05) is 0 Å². The van der Waals surface area contributed by atoms with Gasteiger partial charge in [-0.1, -0.05) is 35.9 Å². The monoisotopic (exact) mass is 355 g/mol. The first kappa shape index (κ1) is 16.4. The second-order valence-electron chi connectivity index (χ2n) is 5.30. The number of hydrogen-bond acceptors (Lipinski definition) is 3. The van der Waals surface area contributed by atoms with Crippen molar-refractivity contribution in [1.29, 1.82) is 0 Å². The fourth-order valence-electron chi connectivity index (χ4n) is 2.30. The Balaban J connectivity index is 1.57. The van der Waals surface area contributed by atoms with Gasteiger partial charge in [0.2, 0.25) is 10.0 Å². The van der Waals surface area contributed by atoms with Crippen LogP contribution in [0.1, 0.15) is 5.56 Å². The van der Waals surface area contributed by atoms with E-state index in [-0.39, 0.29) is 36.5 Å². The first-order valence-corrected chi connectivity index (χ1v) is 8.89. The molecule has 0 amide bonds. The molecule has 0 spiro atoms. The van der Waals surface area contributed by atoms with E-state index in [1.165, 1.54) is 22.5 Å². The van der Waals surface area contributed by atoms with Crippen molar-refractivity contribution in [2.24, 2.45) is 0 Å². The number of sulfonamides is 1. The van der Waals surface area contributed by atoms with Crippen LogP contribution < -0.4 is 0 Å². The standard InChI is InChI=1S/C16H15ClFNO3S/c17-13-5-3-6-15(8-13)23(20,21)19-9-14(10-19)22-11-12-4-1-2-7-16(12)18/h1-8,14H,9-11H2. The van der Waals surface area contributed by atoms with Gasteiger partial charge < -0.3 is 4.74 Å². The molecule has 1 fully saturated rings. The van der Waals surface area contributed by atoms with Crippen molar-refractivity contribution in [1.82, 2.24) is 4.31 Å². The number of benzene rings is 2. The van der Waals surface area contributed by atoms with Crippen LogP contribution in [-0.2, 0) is 21.4 Å². The topological polar surface area (TPSA) is 46.6 Å². The van der Waals surface area contributed by atoms with E-state index in [4.69, 9.17) is 16.3 Å². The van der Waals surface area contributed by atoms with Gasteiger partial charge in [0.25, 0.3) is 0 Å². The molecule has 0 unspecified atom stereocenters. The Kier molecular flexibility index (Phi) is 4.68. The second kappa shape index (κ2) is 6.57. The quantitative estimate of drug-likeness (QED) is 0.828. The molecule has 1 saturated heterocycles. The maximum Gasteiger partial charge on any atom is 0.243 e. The predicted molar refractivity (Wildman–Crippen MR) is 85.2 cm³/mol. The van der Waals surface area contributed by atoms with Gasteiger partial charge in [-0.05, 0) is 24.3 Å². The predicted octanol–water partition coefficient (Wildman–Crippen LogP) is 3.07. The van der Waals surface area contributed by atoms with E-state index in [0.717, 1.165) is 0 Å². The van der Waals surface area contributed by atoms with Gasteiger partial charge in [-0.25, -0.2) is 12.8 Å². The summed E-state index contributed by atoms with van der Waals surface area (Å²) >= 11 is 5.83. The molecule has 0 aliphatic carbocycles. The lowest BCUT2D eigenvalue weighted by Gasteiger charge is -2.37. The molecule has 1 heterocycles. The van der Waals surface area contributed by atoms with Crippen LogP contribution in [0, 0.1) is 5.82 Å². The Morgan fingerprint density at radius 2 is 1.91 bits per heavy atom. The largest absolute Gasteiger partial charge is 0.371 e. The van der Waals surface area contributed by atoms with Crippen molar-refractivity contribution >= 4 is 21.6 Å². The summed E-state index contributed by atoms with van der Waals surface area (Å²) in [7, 11) is -3.55. The minimum absolute atomic E-state index is 0.127. The first-order chi connectivity index (χ1) is 11.0. The van der Waals surface area contributed by atoms with Gasteiger partial charge in [-0.15, -0.1) is 0 Å². The van der Waals surface area contributed by atoms with Gasteiger partial charge >= 0.3 is 0 Å². The fourth-order valence-corrected chi connectivity index (χ4v) is 4.11. The summed E-state index contributed by atoms with van der Waals surface area (Å²) in [6.45, 7) is 0.634. The third-order valence-electron chi connectivity index (χ3n) is 3.68. The minimum atomic E-state index is -3.55. The number of halogens is 2. The molecule has 122 valence electrons. The molecule has 3 rings (SSSR count). The highest BCUT2D eigenvalue weighted by Crippen LogP contribution is 2.25. The number of rotatable bonds is 5. The molecule has 0 aromatic heterocycles. The molecular weight excluding hydrogens is 341 g/mol. The van der Waals surface area contributed by atoms with Crippen molar-refractivity contribution in [2.45, 2.75) is 17.6 Å². The Morgan fingerprint density at radius 3 is 2.61 bits per heavy atom. The first-order valence-electron chi connectivity index (χ1n) is 7.07. The molecule has 2 aromatic carbocycles. The van der Waals surface area contributed by atoms with Crippen molar-refractivity contribution in [3.05, 3.63) is 64.9 Å². The zero-order valence-corrected chi connectivity index (χ0v) is 13.7. The van der Waals surface area contributed by atoms with Crippen molar-refractivity contribution in [2.75, 3.05) is 13.1 Å². The van der Waals surface area contributed by atoms with Crippen LogP contribution >= 0.6 is 11.6 Å². The van der Waals surface area contributed by atoms with Gasteiger partial charge in [0.15, 0.2) is 0 Å². The van der Waals surface area contributed by atoms with Crippen LogP contribution in [0.5, 0.6) is 0 Å². The minimum Gasteiger partial charge on any atom is -0.371 e. The molecule has 2 aromatic rings. The maximum atomic E-state index is 13.5. The van der Waals surface area contributed by atoms with E-state index >= 15 is 0 Å². The van der Waals surface area contributed by atoms with E-state index in [0.29, 0.717) is 10.6 Å². The molecule has 0 N–H and O–H groups in total. The van der Waals surface area contributed by atoms with Crippen LogP contribution in [0.4, 0.5) is 4.39 Å². The third-order valence-corrected chi connectivity index (χ3v) is 5.74. The molecule has 0 saturated carbocycles. The lowest BCUT2D eigenvalue weighted by Crippen LogP contribution is -2.54. The summed E-state index contributed by atoms with van der Waals surface area (Å²) in [6, 6.07) is 12.5. The average Bonchev–Trinajstić information content (AvgIpc) is 2.47. The van der Waals surface area contributed by atoms with Crippen LogP contribution in [-0.4, -0.2) is 31.9 Å². The average molecular weight is 356 g/mol. The van der Waals surface area contributed by atoms with Crippen molar-refractivity contribution in [3.63, 3.8) is 0 Å². The van der Waals surface area contributed by atoms with Crippen LogP contribution in [0.15, 0.2) is 53.4 Å². The summed E-state index contributed by atoms with van der Waals surface area (Å²) in [5.74, 6) is -0.324. The normalized spacial score (nSPS) is 16.3. The molecule has 0 atom stereocenters. The molecule has 0 bridgehead atoms. The molecule has 1 aliphatic heterocycles. The Bertz CT molecular complexity index is 806. The van der Waals surface area contributed by atoms with Gasteiger partial charge in [-0.3, -0.25) is 0 Å². The molecule has 0 radical (unpaired) electrons. The zero-order chi connectivity index (χ0) is 16.4. The lowest BCUT2D eigenvalue weighted by molar-refractivity contribution is -0.0304. The summed E-state index contributed by atoms with van der Waals surface area (Å²) in [5.41, 5.74) is 0.462. The molecule has 23 heavy (non-hydrogen) atoms. The van der Waals surface area contributed by atoms with E-state index in [1.54, 1.807) is 30.3 Å². The van der Waals surface area contributed by atoms with E-state index in [2.05, 4.69) is 0 Å². The summed E-state index contributed by atoms with van der Waals surface area (Å²) in [5, 5.41) is 0.374. The highest BCUT2D eigenvalue weighted by molar-refractivity contribution is 7.89. The second-order valence-corrected chi connectivity index (χ2v) is 7.68. The van der Waals surface area contributed by atoms with E-state index in [9.17, 15) is 12.8 Å². The van der Waals surface area contributed by atoms with Crippen LogP contribution in [0.2, 0.25) is 5.02 Å². The molecule has 7 heteroatoms. The van der Waals surface area contributed by atoms with Gasteiger partial charge in [0.05, 0.1) is 17.6 Å². The Hall–Kier alpha value is -1.47. The smallest absolute Gasteiger partial charge is 0.243 e. The molecular formula is C16H15ClFNO3S. The fraction of sp³-hybridized carbons (Fsp3) is 0.250. The Morgan fingerprint density at radius 1 is 1.17 bits per heavy atom. The highest BCUT2D eigenvalue weighted by atomic mass is 35.5. The summed E-state index contributed by atoms with van der Waals surface area (Å²) in [6.07, 6.45) is -0.233. The van der Waals surface area contributed by atoms with Gasteiger partial charge in [-0.2, -0.15) is 4.31 Å². The number of ether oxygens (including phenoxy) is 1. The number of hydrogen-bond donors (Lipinski definition) is 0. The van der Waals surface area contributed by atoms with Crippen LogP contribution in [0.25, 0.3) is 0 Å². The third kappa shape index (κ3) is 3.55. The van der Waals surface area contributed by atoms with Crippen LogP contribution in [0.3, 0.4) is 0 Å². The number of nitrogens with zero attached hydrogens (tertiary/aromatic N) is 1. The maximum absolute atomic E-state index is 13.5. The lowest BCUT2D eigenvalue weighted by atomic mass is 10.2. The zero-order valence-electron chi connectivity index (χ0n) is 12.2. The highest BCUT2D eigenvalue weighted by Gasteiger charge is 2.37. The molecule has 4 nitrogen and oxygen atoms in total. The van der Waals surface area contributed by atoms with Gasteiger partial charge in [0.1, 0.15) is 5.82 Å².